The molecule has 0 saturated heterocycles. The summed E-state index contributed by atoms with van der Waals surface area (Å²) in [5, 5.41) is 0. The number of hydrogen-bond donors (Lipinski definition) is 0. The van der Waals surface area contributed by atoms with Crippen LogP contribution >= 0.6 is 11.3 Å². The zero-order valence-corrected chi connectivity index (χ0v) is 27.2. The largest absolute Gasteiger partial charge is 0.453 e. The van der Waals surface area contributed by atoms with E-state index in [4.69, 9.17) is 9.73 Å². The number of anilines is 3. The first-order valence-electron chi connectivity index (χ1n) is 15.8. The molecule has 0 radical (unpaired) electrons. The maximum absolute atomic E-state index is 6.41. The Bertz CT molecular complexity index is 2190. The summed E-state index contributed by atoms with van der Waals surface area (Å²) in [7, 11) is 0. The SMILES string of the molecule is C=N/C(=C\C(=NCc1cccc(-c2cc3c(s2)C(C)(C)c2cccc4c2N3c2ccccc2O4)c1)c1ccccc1)c1ccccc1. The minimum atomic E-state index is -0.176. The Balaban J connectivity index is 1.18. The Hall–Kier alpha value is -5.52. The van der Waals surface area contributed by atoms with Gasteiger partial charge in [0, 0.05) is 20.7 Å². The second-order valence-electron chi connectivity index (χ2n) is 12.3. The number of nitrogens with zero attached hydrogens (tertiary/aromatic N) is 3. The predicted molar refractivity (Wildman–Crippen MR) is 197 cm³/mol. The van der Waals surface area contributed by atoms with Crippen LogP contribution in [-0.4, -0.2) is 12.4 Å². The van der Waals surface area contributed by atoms with E-state index in [0.29, 0.717) is 6.54 Å². The fourth-order valence-electron chi connectivity index (χ4n) is 6.60. The standard InChI is InChI=1S/C42H33N3OS/c1-42(2)32-20-13-23-38-40(32)45(35-21-10-11-22-37(35)46-38)36-26-39(47-41(36)42)31-19-12-14-28(24-31)27-44-34(30-17-8-5-9-18-30)25-33(43-3)29-15-6-4-7-16-29/h4-26H,3,27H2,1-2H3/b33-25-,44-34?. The molecule has 0 N–H and O–H groups in total. The van der Waals surface area contributed by atoms with Gasteiger partial charge < -0.3 is 9.64 Å². The number of rotatable bonds is 7. The van der Waals surface area contributed by atoms with Gasteiger partial charge in [-0.1, -0.05) is 117 Å². The van der Waals surface area contributed by atoms with Crippen molar-refractivity contribution in [2.24, 2.45) is 9.98 Å². The topological polar surface area (TPSA) is 37.2 Å². The monoisotopic (exact) mass is 627 g/mol. The van der Waals surface area contributed by atoms with E-state index in [9.17, 15) is 0 Å². The van der Waals surface area contributed by atoms with Crippen LogP contribution in [0, 0.1) is 0 Å². The van der Waals surface area contributed by atoms with Gasteiger partial charge in [-0.25, -0.2) is 0 Å². The first-order valence-corrected chi connectivity index (χ1v) is 16.6. The van der Waals surface area contributed by atoms with Gasteiger partial charge in [-0.2, -0.15) is 0 Å². The second kappa shape index (κ2) is 11.7. The van der Waals surface area contributed by atoms with Gasteiger partial charge in [-0.05, 0) is 65.4 Å². The van der Waals surface area contributed by atoms with Gasteiger partial charge in [0.15, 0.2) is 11.5 Å². The summed E-state index contributed by atoms with van der Waals surface area (Å²) in [5.41, 5.74) is 10.6. The summed E-state index contributed by atoms with van der Waals surface area (Å²) in [5.74, 6) is 1.78. The molecule has 0 spiro atoms. The third-order valence-electron chi connectivity index (χ3n) is 8.97. The van der Waals surface area contributed by atoms with Crippen molar-refractivity contribution in [3.8, 4) is 21.9 Å². The van der Waals surface area contributed by atoms with Crippen molar-refractivity contribution in [1.82, 2.24) is 0 Å². The number of thiophene rings is 1. The number of fused-ring (bicyclic) bond motifs is 4. The molecular formula is C42H33N3OS. The first kappa shape index (κ1) is 28.9. The molecule has 0 unspecified atom stereocenters. The lowest BCUT2D eigenvalue weighted by Crippen LogP contribution is -2.30. The highest BCUT2D eigenvalue weighted by molar-refractivity contribution is 7.16. The molecule has 8 rings (SSSR count). The van der Waals surface area contributed by atoms with Crippen LogP contribution in [0.15, 0.2) is 150 Å². The Morgan fingerprint density at radius 1 is 0.766 bits per heavy atom. The summed E-state index contributed by atoms with van der Waals surface area (Å²) in [6, 6.07) is 46.3. The van der Waals surface area contributed by atoms with Crippen molar-refractivity contribution in [3.05, 3.63) is 167 Å². The zero-order valence-electron chi connectivity index (χ0n) is 26.4. The molecule has 3 heterocycles. The molecule has 47 heavy (non-hydrogen) atoms. The highest BCUT2D eigenvalue weighted by Crippen LogP contribution is 2.62. The highest BCUT2D eigenvalue weighted by atomic mass is 32.1. The van der Waals surface area contributed by atoms with Crippen molar-refractivity contribution >= 4 is 46.5 Å². The van der Waals surface area contributed by atoms with Crippen molar-refractivity contribution in [2.75, 3.05) is 4.90 Å². The van der Waals surface area contributed by atoms with Gasteiger partial charge in [-0.3, -0.25) is 9.98 Å². The van der Waals surface area contributed by atoms with Crippen LogP contribution in [0.3, 0.4) is 0 Å². The number of allylic oxidation sites excluding steroid dienone is 1. The van der Waals surface area contributed by atoms with Gasteiger partial charge >= 0.3 is 0 Å². The number of para-hydroxylation sites is 3. The minimum absolute atomic E-state index is 0.176. The average molecular weight is 628 g/mol. The van der Waals surface area contributed by atoms with Gasteiger partial charge in [0.1, 0.15) is 0 Å². The molecule has 0 saturated carbocycles. The van der Waals surface area contributed by atoms with Gasteiger partial charge in [0.05, 0.1) is 35.0 Å². The van der Waals surface area contributed by atoms with Crippen LogP contribution in [-0.2, 0) is 12.0 Å². The number of benzene rings is 5. The predicted octanol–water partition coefficient (Wildman–Crippen LogP) is 11.4. The average Bonchev–Trinajstić information content (AvgIpc) is 3.58. The molecule has 0 atom stereocenters. The van der Waals surface area contributed by atoms with Crippen LogP contribution in [0.1, 0.15) is 41.0 Å². The summed E-state index contributed by atoms with van der Waals surface area (Å²) < 4.78 is 6.41. The summed E-state index contributed by atoms with van der Waals surface area (Å²) in [4.78, 5) is 14.5. The van der Waals surface area contributed by atoms with E-state index in [1.54, 1.807) is 0 Å². The molecule has 0 amide bonds. The first-order chi connectivity index (χ1) is 23.0. The highest BCUT2D eigenvalue weighted by Gasteiger charge is 2.43. The Morgan fingerprint density at radius 2 is 1.47 bits per heavy atom. The van der Waals surface area contributed by atoms with Gasteiger partial charge in [-0.15, -0.1) is 11.3 Å². The molecule has 4 nitrogen and oxygen atoms in total. The lowest BCUT2D eigenvalue weighted by Gasteiger charge is -2.43. The number of hydrogen-bond acceptors (Lipinski definition) is 5. The molecule has 2 aliphatic rings. The van der Waals surface area contributed by atoms with E-state index in [2.05, 4.69) is 109 Å². The summed E-state index contributed by atoms with van der Waals surface area (Å²) >= 11 is 1.87. The van der Waals surface area contributed by atoms with E-state index in [-0.39, 0.29) is 5.41 Å². The second-order valence-corrected chi connectivity index (χ2v) is 13.4. The van der Waals surface area contributed by atoms with Crippen molar-refractivity contribution in [3.63, 3.8) is 0 Å². The molecule has 0 fully saturated rings. The molecule has 0 bridgehead atoms. The normalized spacial score (nSPS) is 14.5. The molecule has 1 aromatic heterocycles. The molecule has 2 aliphatic heterocycles. The van der Waals surface area contributed by atoms with E-state index < -0.39 is 0 Å². The molecule has 228 valence electrons. The quantitative estimate of drug-likeness (QED) is 0.165. The fraction of sp³-hybridized carbons (Fsp3) is 0.0952. The maximum Gasteiger partial charge on any atom is 0.151 e. The lowest BCUT2D eigenvalue weighted by molar-refractivity contribution is 0.472. The van der Waals surface area contributed by atoms with Crippen LogP contribution in [0.4, 0.5) is 17.1 Å². The smallest absolute Gasteiger partial charge is 0.151 e. The number of ether oxygens (including phenoxy) is 1. The Labute approximate surface area is 279 Å². The van der Waals surface area contributed by atoms with Crippen LogP contribution in [0.25, 0.3) is 16.1 Å². The van der Waals surface area contributed by atoms with Crippen molar-refractivity contribution < 1.29 is 4.74 Å². The molecule has 6 aromatic rings. The minimum Gasteiger partial charge on any atom is -0.453 e. The van der Waals surface area contributed by atoms with Crippen molar-refractivity contribution in [2.45, 2.75) is 25.8 Å². The Kier molecular flexibility index (Phi) is 7.19. The lowest BCUT2D eigenvalue weighted by atomic mass is 9.78. The zero-order chi connectivity index (χ0) is 32.0. The molecule has 5 heteroatoms. The van der Waals surface area contributed by atoms with E-state index in [1.165, 1.54) is 26.6 Å². The molecule has 5 aromatic carbocycles. The van der Waals surface area contributed by atoms with Crippen molar-refractivity contribution in [1.29, 1.82) is 0 Å². The van der Waals surface area contributed by atoms with E-state index in [1.807, 2.05) is 72.0 Å². The fourth-order valence-corrected chi connectivity index (χ4v) is 7.86. The van der Waals surface area contributed by atoms with Gasteiger partial charge in [0.2, 0.25) is 0 Å². The van der Waals surface area contributed by atoms with E-state index in [0.717, 1.165) is 51.0 Å². The van der Waals surface area contributed by atoms with Crippen LogP contribution in [0.2, 0.25) is 0 Å². The van der Waals surface area contributed by atoms with Gasteiger partial charge in [0.25, 0.3) is 0 Å². The maximum atomic E-state index is 6.41. The van der Waals surface area contributed by atoms with Crippen LogP contribution in [0.5, 0.6) is 11.5 Å². The third kappa shape index (κ3) is 5.09. The molecule has 0 aliphatic carbocycles. The summed E-state index contributed by atoms with van der Waals surface area (Å²) in [6.45, 7) is 9.04. The molecular weight excluding hydrogens is 595 g/mol. The summed E-state index contributed by atoms with van der Waals surface area (Å²) in [6.07, 6.45) is 2.03. The Morgan fingerprint density at radius 3 is 2.26 bits per heavy atom. The third-order valence-corrected chi connectivity index (χ3v) is 10.5. The van der Waals surface area contributed by atoms with E-state index >= 15 is 0 Å². The van der Waals surface area contributed by atoms with Crippen LogP contribution < -0.4 is 9.64 Å². The number of aliphatic imine (C=N–C) groups is 2.